The lowest BCUT2D eigenvalue weighted by Crippen LogP contribution is -2.44. The van der Waals surface area contributed by atoms with Crippen LogP contribution in [0.25, 0.3) is 0 Å². The molecular formula is C51H76O8Si4. The summed E-state index contributed by atoms with van der Waals surface area (Å²) in [7, 11) is -6.96. The van der Waals surface area contributed by atoms with Crippen molar-refractivity contribution < 1.29 is 36.8 Å². The molecule has 0 unspecified atom stereocenters. The molecule has 8 nitrogen and oxygen atoms in total. The molecule has 4 rings (SSSR count). The van der Waals surface area contributed by atoms with Gasteiger partial charge in [-0.25, -0.2) is 9.59 Å². The van der Waals surface area contributed by atoms with Gasteiger partial charge in [0.2, 0.25) is 0 Å². The summed E-state index contributed by atoms with van der Waals surface area (Å²) in [6.45, 7) is 27.4. The van der Waals surface area contributed by atoms with E-state index in [9.17, 15) is 9.59 Å². The number of aryl methyl sites for hydroxylation is 2. The maximum Gasteiger partial charge on any atom is 0.519 e. The van der Waals surface area contributed by atoms with Gasteiger partial charge in [0.25, 0.3) is 0 Å². The molecule has 0 saturated carbocycles. The van der Waals surface area contributed by atoms with Gasteiger partial charge < -0.3 is 27.2 Å². The van der Waals surface area contributed by atoms with E-state index in [0.29, 0.717) is 23.0 Å². The Morgan fingerprint density at radius 3 is 1.10 bits per heavy atom. The minimum atomic E-state index is -1.81. The average Bonchev–Trinajstić information content (AvgIpc) is 3.20. The van der Waals surface area contributed by atoms with Crippen molar-refractivity contribution in [1.82, 2.24) is 0 Å². The topological polar surface area (TPSA) is 89.5 Å². The van der Waals surface area contributed by atoms with E-state index < -0.39 is 51.0 Å². The van der Waals surface area contributed by atoms with Crippen LogP contribution in [-0.2, 0) is 26.5 Å². The second kappa shape index (κ2) is 23.4. The molecule has 0 aliphatic carbocycles. The summed E-state index contributed by atoms with van der Waals surface area (Å²) in [5, 5.41) is 0. The second-order valence-corrected chi connectivity index (χ2v) is 37.7. The van der Waals surface area contributed by atoms with Crippen LogP contribution in [0.15, 0.2) is 97.1 Å². The van der Waals surface area contributed by atoms with Gasteiger partial charge in [-0.3, -0.25) is 0 Å². The predicted octanol–water partition coefficient (Wildman–Crippen LogP) is 15.5. The molecule has 0 radical (unpaired) electrons. The number of hydrogen-bond acceptors (Lipinski definition) is 8. The Balaban J connectivity index is 1.27. The van der Waals surface area contributed by atoms with Gasteiger partial charge in [-0.1, -0.05) is 114 Å². The van der Waals surface area contributed by atoms with Crippen LogP contribution in [0.1, 0.15) is 88.5 Å². The Morgan fingerprint density at radius 1 is 0.444 bits per heavy atom. The molecule has 344 valence electrons. The van der Waals surface area contributed by atoms with E-state index >= 15 is 0 Å². The van der Waals surface area contributed by atoms with Gasteiger partial charge in [-0.2, -0.15) is 0 Å². The van der Waals surface area contributed by atoms with E-state index in [1.165, 1.54) is 37.8 Å². The molecule has 0 spiro atoms. The number of para-hydroxylation sites is 2. The van der Waals surface area contributed by atoms with E-state index in [-0.39, 0.29) is 0 Å². The van der Waals surface area contributed by atoms with Gasteiger partial charge in [0.15, 0.2) is 33.3 Å². The minimum Gasteiger partial charge on any atom is -0.455 e. The van der Waals surface area contributed by atoms with Gasteiger partial charge in [-0.15, -0.1) is 0 Å². The molecule has 4 aromatic carbocycles. The third-order valence-corrected chi connectivity index (χ3v) is 26.8. The quantitative estimate of drug-likeness (QED) is 0.0390. The first kappa shape index (κ1) is 51.8. The van der Waals surface area contributed by atoms with Crippen molar-refractivity contribution in [1.29, 1.82) is 0 Å². The van der Waals surface area contributed by atoms with Gasteiger partial charge in [0.1, 0.15) is 23.0 Å². The lowest BCUT2D eigenvalue weighted by atomic mass is 9.78. The van der Waals surface area contributed by atoms with Crippen LogP contribution in [0, 0.1) is 0 Å². The number of unbranched alkanes of at least 4 members (excludes halogenated alkanes) is 2. The van der Waals surface area contributed by atoms with Crippen molar-refractivity contribution in [3.05, 3.63) is 119 Å². The largest absolute Gasteiger partial charge is 0.519 e. The summed E-state index contributed by atoms with van der Waals surface area (Å²) in [6, 6.07) is 34.8. The van der Waals surface area contributed by atoms with Crippen molar-refractivity contribution in [2.45, 2.75) is 161 Å². The lowest BCUT2D eigenvalue weighted by Gasteiger charge is -2.34. The minimum absolute atomic E-state index is 0.392. The summed E-state index contributed by atoms with van der Waals surface area (Å²) in [6.07, 6.45) is 6.85. The number of carbonyl (C=O) groups is 2. The van der Waals surface area contributed by atoms with Gasteiger partial charge in [0, 0.05) is 5.41 Å². The number of ether oxygens (including phenoxy) is 4. The van der Waals surface area contributed by atoms with Gasteiger partial charge in [0.05, 0.1) is 0 Å². The van der Waals surface area contributed by atoms with Crippen LogP contribution in [0.4, 0.5) is 9.59 Å². The summed E-state index contributed by atoms with van der Waals surface area (Å²) in [5.74, 6) is 1.82. The van der Waals surface area contributed by atoms with E-state index in [1.54, 1.807) is 24.3 Å². The number of carbonyl (C=O) groups excluding carboxylic acids is 2. The van der Waals surface area contributed by atoms with Crippen LogP contribution in [0.3, 0.4) is 0 Å². The molecule has 0 aromatic heterocycles. The molecule has 63 heavy (non-hydrogen) atoms. The van der Waals surface area contributed by atoms with Crippen LogP contribution >= 0.6 is 0 Å². The van der Waals surface area contributed by atoms with Gasteiger partial charge >= 0.3 is 12.3 Å². The molecule has 0 amide bonds. The predicted molar refractivity (Wildman–Crippen MR) is 269 cm³/mol. The lowest BCUT2D eigenvalue weighted by molar-refractivity contribution is 0.150. The first-order chi connectivity index (χ1) is 29.6. The Morgan fingerprint density at radius 2 is 0.762 bits per heavy atom. The molecule has 0 aliphatic rings. The van der Waals surface area contributed by atoms with E-state index in [1.807, 2.05) is 72.8 Å². The maximum absolute atomic E-state index is 13.0. The van der Waals surface area contributed by atoms with E-state index in [0.717, 1.165) is 60.0 Å². The Hall–Kier alpha value is -3.79. The zero-order chi connectivity index (χ0) is 46.3. The maximum atomic E-state index is 13.0. The number of hydrogen-bond donors (Lipinski definition) is 0. The normalized spacial score (nSPS) is 12.5. The van der Waals surface area contributed by atoms with Crippen molar-refractivity contribution in [2.24, 2.45) is 0 Å². The van der Waals surface area contributed by atoms with Crippen LogP contribution in [-0.4, -0.2) is 45.6 Å². The molecule has 4 aromatic rings. The second-order valence-electron chi connectivity index (χ2n) is 20.0. The third kappa shape index (κ3) is 17.6. The molecule has 0 saturated heterocycles. The SMILES string of the molecule is CCCC[Si](C)(C)O[Si](C)(C)CCCc1ccccc1OC(=O)Oc1ccc(C(C)(C)c2ccc(OC(=O)Oc3ccccc3CCC[Si](C)(C)O[Si](C)(C)CCCC)cc2)cc1. The zero-order valence-corrected chi connectivity index (χ0v) is 44.5. The monoisotopic (exact) mass is 928 g/mol. The molecule has 0 atom stereocenters. The fraction of sp³-hybridized carbons (Fsp3) is 0.490. The Kier molecular flexibility index (Phi) is 19.3. The van der Waals surface area contributed by atoms with Crippen LogP contribution < -0.4 is 18.9 Å². The van der Waals surface area contributed by atoms with E-state index in [2.05, 4.69) is 80.1 Å². The van der Waals surface area contributed by atoms with Crippen molar-refractivity contribution in [3.63, 3.8) is 0 Å². The highest BCUT2D eigenvalue weighted by Crippen LogP contribution is 2.34. The van der Waals surface area contributed by atoms with Gasteiger partial charge in [-0.05, 0) is 161 Å². The fourth-order valence-electron chi connectivity index (χ4n) is 8.39. The molecule has 0 heterocycles. The molecule has 0 bridgehead atoms. The van der Waals surface area contributed by atoms with Crippen molar-refractivity contribution >= 4 is 45.6 Å². The molecule has 0 fully saturated rings. The zero-order valence-electron chi connectivity index (χ0n) is 40.5. The van der Waals surface area contributed by atoms with Crippen molar-refractivity contribution in [2.75, 3.05) is 0 Å². The summed E-state index contributed by atoms with van der Waals surface area (Å²) in [5.41, 5.74) is 3.60. The summed E-state index contributed by atoms with van der Waals surface area (Å²) in [4.78, 5) is 26.0. The number of benzene rings is 4. The first-order valence-electron chi connectivity index (χ1n) is 23.2. The highest BCUT2D eigenvalue weighted by molar-refractivity contribution is 6.85. The molecule has 12 heteroatoms. The summed E-state index contributed by atoms with van der Waals surface area (Å²) >= 11 is 0. The third-order valence-electron chi connectivity index (χ3n) is 11.7. The standard InChI is InChI=1S/C51H76O8Si4/c1-13-15-37-60(5,6)58-62(9,10)39-21-25-41-23-17-19-27-47(41)56-49(52)54-45-33-29-43(30-34-45)51(3,4)44-31-35-46(36-32-44)55-50(53)57-48-28-20-18-24-42(48)26-22-40-63(11,12)59-61(7,8)38-16-14-2/h17-20,23-24,27-36H,13-16,21-22,25-26,37-40H2,1-12H3. The number of rotatable bonds is 24. The molecule has 0 N–H and O–H groups in total. The highest BCUT2D eigenvalue weighted by Gasteiger charge is 2.33. The smallest absolute Gasteiger partial charge is 0.455 e. The van der Waals surface area contributed by atoms with E-state index in [4.69, 9.17) is 27.2 Å². The Labute approximate surface area is 383 Å². The van der Waals surface area contributed by atoms with Crippen molar-refractivity contribution in [3.8, 4) is 23.0 Å². The summed E-state index contributed by atoms with van der Waals surface area (Å²) < 4.78 is 36.3. The Bertz CT molecular complexity index is 1900. The van der Waals surface area contributed by atoms with Crippen LogP contribution in [0.2, 0.25) is 76.6 Å². The fourth-order valence-corrected chi connectivity index (χ4v) is 26.5. The molecule has 0 aliphatic heterocycles. The molecular weight excluding hydrogens is 853 g/mol. The first-order valence-corrected chi connectivity index (χ1v) is 35.7. The highest BCUT2D eigenvalue weighted by atomic mass is 28.4. The van der Waals surface area contributed by atoms with Crippen LogP contribution in [0.5, 0.6) is 23.0 Å². The average molecular weight is 930 g/mol.